The van der Waals surface area contributed by atoms with Gasteiger partial charge in [-0.15, -0.1) is 0 Å². The third kappa shape index (κ3) is 10.7. The first kappa shape index (κ1) is 39.8. The van der Waals surface area contributed by atoms with Crippen molar-refractivity contribution in [1.29, 1.82) is 0 Å². The number of nitrogens with zero attached hydrogens (tertiary/aromatic N) is 3. The number of aryl methyl sites for hydroxylation is 1. The second-order valence-corrected chi connectivity index (χ2v) is 15.5. The number of amides is 1. The van der Waals surface area contributed by atoms with Gasteiger partial charge in [-0.2, -0.15) is 0 Å². The van der Waals surface area contributed by atoms with E-state index in [1.165, 1.54) is 44.7 Å². The lowest BCUT2D eigenvalue weighted by molar-refractivity contribution is 0.0938. The Morgan fingerprint density at radius 2 is 1.73 bits per heavy atom. The number of aromatic nitrogens is 2. The number of H-pyrrole nitrogens is 1. The van der Waals surface area contributed by atoms with E-state index in [2.05, 4.69) is 114 Å². The summed E-state index contributed by atoms with van der Waals surface area (Å²) < 4.78 is 11.9. The minimum atomic E-state index is -0.0361. The van der Waals surface area contributed by atoms with E-state index in [9.17, 15) is 4.79 Å². The average Bonchev–Trinajstić information content (AvgIpc) is 3.88. The molecular formula is C46H57N5O3S. The zero-order chi connectivity index (χ0) is 38.6. The molecule has 1 amide bonds. The Hall–Kier alpha value is -4.86. The molecule has 9 heteroatoms. The van der Waals surface area contributed by atoms with Crippen molar-refractivity contribution in [3.8, 4) is 5.75 Å². The van der Waals surface area contributed by atoms with Gasteiger partial charge in [0.25, 0.3) is 5.91 Å². The third-order valence-corrected chi connectivity index (χ3v) is 11.5. The van der Waals surface area contributed by atoms with Crippen LogP contribution >= 0.6 is 11.3 Å². The molecule has 1 aliphatic rings. The van der Waals surface area contributed by atoms with Crippen molar-refractivity contribution in [3.63, 3.8) is 0 Å². The first-order valence-corrected chi connectivity index (χ1v) is 20.7. The zero-order valence-corrected chi connectivity index (χ0v) is 33.7. The molecule has 8 nitrogen and oxygen atoms in total. The first-order valence-electron chi connectivity index (χ1n) is 19.9. The number of nitrogens with one attached hydrogen (secondary N) is 2. The number of aromatic amines is 1. The van der Waals surface area contributed by atoms with Crippen molar-refractivity contribution in [3.05, 3.63) is 119 Å². The van der Waals surface area contributed by atoms with Crippen LogP contribution in [-0.2, 0) is 17.6 Å². The lowest BCUT2D eigenvalue weighted by Crippen LogP contribution is -2.46. The molecule has 3 heterocycles. The Morgan fingerprint density at radius 3 is 2.49 bits per heavy atom. The number of hydrogen-bond acceptors (Lipinski definition) is 7. The topological polar surface area (TPSA) is 82.7 Å². The first-order chi connectivity index (χ1) is 26.8. The van der Waals surface area contributed by atoms with E-state index in [-0.39, 0.29) is 11.9 Å². The number of carbonyl (C=O) groups excluding carboxylic acids is 1. The molecule has 290 valence electrons. The Kier molecular flexibility index (Phi) is 14.2. The number of piperazine rings is 1. The molecule has 0 spiro atoms. The number of hydrogen-bond donors (Lipinski definition) is 2. The fourth-order valence-corrected chi connectivity index (χ4v) is 8.10. The van der Waals surface area contributed by atoms with Gasteiger partial charge in [0.15, 0.2) is 5.13 Å². The predicted molar refractivity (Wildman–Crippen MR) is 231 cm³/mol. The summed E-state index contributed by atoms with van der Waals surface area (Å²) in [6, 6.07) is 23.4. The fourth-order valence-electron chi connectivity index (χ4n) is 7.22. The number of carbonyl (C=O) groups is 1. The maximum absolute atomic E-state index is 13.4. The van der Waals surface area contributed by atoms with Gasteiger partial charge in [0, 0.05) is 61.6 Å². The SMILES string of the molecule is C=C(C)c1ccc(CCCOCCOc2ccc(N3CCN(c4ncc(C(=O)NC(CCCC)Cc5c[nH]c6ccccc56)s4)CC3)cc2)cc1C(=C)CC. The molecule has 2 aromatic heterocycles. The molecule has 0 saturated carbocycles. The van der Waals surface area contributed by atoms with E-state index in [4.69, 9.17) is 9.47 Å². The molecule has 2 N–H and O–H groups in total. The average molecular weight is 760 g/mol. The van der Waals surface area contributed by atoms with E-state index >= 15 is 0 Å². The highest BCUT2D eigenvalue weighted by Crippen LogP contribution is 2.29. The van der Waals surface area contributed by atoms with Crippen LogP contribution in [0.1, 0.15) is 84.8 Å². The summed E-state index contributed by atoms with van der Waals surface area (Å²) in [5, 5.41) is 5.46. The molecule has 1 fully saturated rings. The van der Waals surface area contributed by atoms with Crippen molar-refractivity contribution in [2.75, 3.05) is 55.8 Å². The Labute approximate surface area is 331 Å². The molecule has 1 atom stereocenters. The number of thiazole rings is 1. The Morgan fingerprint density at radius 1 is 0.945 bits per heavy atom. The summed E-state index contributed by atoms with van der Waals surface area (Å²) >= 11 is 1.48. The number of allylic oxidation sites excluding steroid dienone is 2. The number of para-hydroxylation sites is 1. The van der Waals surface area contributed by atoms with Gasteiger partial charge in [-0.3, -0.25) is 4.79 Å². The highest BCUT2D eigenvalue weighted by Gasteiger charge is 2.23. The molecule has 5 aromatic rings. The van der Waals surface area contributed by atoms with Gasteiger partial charge in [-0.1, -0.05) is 93.2 Å². The monoisotopic (exact) mass is 759 g/mol. The van der Waals surface area contributed by atoms with E-state index in [1.807, 2.05) is 18.2 Å². The van der Waals surface area contributed by atoms with Gasteiger partial charge in [-0.25, -0.2) is 4.98 Å². The van der Waals surface area contributed by atoms with Crippen LogP contribution < -0.4 is 19.9 Å². The largest absolute Gasteiger partial charge is 0.491 e. The third-order valence-electron chi connectivity index (χ3n) is 10.5. The number of benzene rings is 3. The van der Waals surface area contributed by atoms with Gasteiger partial charge in [-0.05, 0) is 97.2 Å². The van der Waals surface area contributed by atoms with Crippen LogP contribution in [0.5, 0.6) is 5.75 Å². The lowest BCUT2D eigenvalue weighted by atomic mass is 9.92. The van der Waals surface area contributed by atoms with Gasteiger partial charge in [0.2, 0.25) is 0 Å². The Balaban J connectivity index is 0.899. The van der Waals surface area contributed by atoms with Gasteiger partial charge < -0.3 is 29.6 Å². The number of rotatable bonds is 20. The van der Waals surface area contributed by atoms with Gasteiger partial charge in [0.1, 0.15) is 17.2 Å². The normalized spacial score (nSPS) is 13.6. The molecule has 3 aromatic carbocycles. The minimum Gasteiger partial charge on any atom is -0.491 e. The van der Waals surface area contributed by atoms with E-state index in [0.29, 0.717) is 24.7 Å². The highest BCUT2D eigenvalue weighted by atomic mass is 32.1. The van der Waals surface area contributed by atoms with Gasteiger partial charge >= 0.3 is 0 Å². The molecule has 0 radical (unpaired) electrons. The van der Waals surface area contributed by atoms with Crippen molar-refractivity contribution < 1.29 is 14.3 Å². The van der Waals surface area contributed by atoms with Crippen LogP contribution in [0.2, 0.25) is 0 Å². The van der Waals surface area contributed by atoms with E-state index in [1.54, 1.807) is 6.20 Å². The van der Waals surface area contributed by atoms with Crippen LogP contribution in [0.3, 0.4) is 0 Å². The smallest absolute Gasteiger partial charge is 0.263 e. The molecule has 1 aliphatic heterocycles. The van der Waals surface area contributed by atoms with Crippen molar-refractivity contribution in [2.24, 2.45) is 0 Å². The quantitative estimate of drug-likeness (QED) is 0.0770. The molecule has 6 rings (SSSR count). The summed E-state index contributed by atoms with van der Waals surface area (Å²) in [5.74, 6) is 0.810. The zero-order valence-electron chi connectivity index (χ0n) is 32.9. The second kappa shape index (κ2) is 19.6. The standard InChI is InChI=1S/C46H57N5O3S/c1-6-8-13-37(30-36-31-47-43-15-10-9-14-41(36)43)49-45(52)44-32-48-46(55-44)51-24-22-50(23-25-51)38-17-19-39(20-18-38)54-28-27-53-26-11-12-35-16-21-40(33(3)4)42(29-35)34(5)7-2/h9-10,14-21,29,31-32,37,47H,3,5-8,11-13,22-28,30H2,1-2,4H3,(H,49,52). The van der Waals surface area contributed by atoms with Crippen molar-refractivity contribution in [2.45, 2.75) is 71.8 Å². The lowest BCUT2D eigenvalue weighted by Gasteiger charge is -2.36. The number of fused-ring (bicyclic) bond motifs is 1. The summed E-state index contributed by atoms with van der Waals surface area (Å²) in [6.45, 7) is 20.0. The molecule has 55 heavy (non-hydrogen) atoms. The predicted octanol–water partition coefficient (Wildman–Crippen LogP) is 9.97. The molecule has 0 bridgehead atoms. The summed E-state index contributed by atoms with van der Waals surface area (Å²) in [7, 11) is 0. The summed E-state index contributed by atoms with van der Waals surface area (Å²) in [5.41, 5.74) is 9.48. The van der Waals surface area contributed by atoms with Crippen LogP contribution in [0.4, 0.5) is 10.8 Å². The Bertz CT molecular complexity index is 2020. The second-order valence-electron chi connectivity index (χ2n) is 14.5. The molecule has 0 aliphatic carbocycles. The maximum atomic E-state index is 13.4. The number of anilines is 2. The molecule has 1 unspecified atom stereocenters. The number of unbranched alkanes of at least 4 members (excludes halogenated alkanes) is 1. The molecular weight excluding hydrogens is 703 g/mol. The van der Waals surface area contributed by atoms with Crippen molar-refractivity contribution in [1.82, 2.24) is 15.3 Å². The maximum Gasteiger partial charge on any atom is 0.263 e. The van der Waals surface area contributed by atoms with Gasteiger partial charge in [0.05, 0.1) is 12.8 Å². The van der Waals surface area contributed by atoms with E-state index < -0.39 is 0 Å². The van der Waals surface area contributed by atoms with Crippen LogP contribution in [0.15, 0.2) is 92.3 Å². The van der Waals surface area contributed by atoms with Crippen LogP contribution in [0, 0.1) is 0 Å². The minimum absolute atomic E-state index is 0.0361. The van der Waals surface area contributed by atoms with E-state index in [0.717, 1.165) is 98.7 Å². The van der Waals surface area contributed by atoms with Crippen molar-refractivity contribution >= 4 is 50.1 Å². The summed E-state index contributed by atoms with van der Waals surface area (Å²) in [4.78, 5) is 26.8. The summed E-state index contributed by atoms with van der Waals surface area (Å²) in [6.07, 6.45) is 10.6. The molecule has 1 saturated heterocycles. The number of ether oxygens (including phenoxy) is 2. The van der Waals surface area contributed by atoms with Crippen LogP contribution in [-0.4, -0.2) is 67.9 Å². The fraction of sp³-hybridized carbons (Fsp3) is 0.391. The highest BCUT2D eigenvalue weighted by molar-refractivity contribution is 7.17. The van der Waals surface area contributed by atoms with Crippen LogP contribution in [0.25, 0.3) is 22.0 Å².